The first-order chi connectivity index (χ1) is 14.6. The van der Waals surface area contributed by atoms with Gasteiger partial charge in [0.25, 0.3) is 11.8 Å². The lowest BCUT2D eigenvalue weighted by Gasteiger charge is -2.06. The molecule has 1 aliphatic heterocycles. The molecule has 4 rings (SSSR count). The van der Waals surface area contributed by atoms with E-state index in [1.165, 1.54) is 6.21 Å². The summed E-state index contributed by atoms with van der Waals surface area (Å²) in [6.45, 7) is 0.197. The van der Waals surface area contributed by atoms with Crippen LogP contribution in [0.5, 0.6) is 11.5 Å². The van der Waals surface area contributed by atoms with Crippen LogP contribution in [0.4, 0.5) is 5.69 Å². The first-order valence-electron chi connectivity index (χ1n) is 8.98. The molecule has 0 atom stereocenters. The van der Waals surface area contributed by atoms with Gasteiger partial charge in [-0.3, -0.25) is 9.59 Å². The van der Waals surface area contributed by atoms with Crippen molar-refractivity contribution in [3.05, 3.63) is 88.4 Å². The zero-order valence-electron chi connectivity index (χ0n) is 15.6. The molecule has 2 N–H and O–H groups in total. The number of amides is 2. The van der Waals surface area contributed by atoms with Crippen molar-refractivity contribution in [2.24, 2.45) is 5.10 Å². The van der Waals surface area contributed by atoms with Gasteiger partial charge in [-0.25, -0.2) is 5.43 Å². The third-order valence-corrected chi connectivity index (χ3v) is 4.50. The highest BCUT2D eigenvalue weighted by Crippen LogP contribution is 2.31. The first-order valence-corrected chi connectivity index (χ1v) is 9.36. The SMILES string of the molecule is O=C(N/N=C/c1ccc2c(c1)OCO2)c1ccc(NC(=O)c2cccc(Cl)c2)cc1. The second kappa shape index (κ2) is 8.67. The van der Waals surface area contributed by atoms with Crippen molar-refractivity contribution in [1.29, 1.82) is 0 Å². The second-order valence-electron chi connectivity index (χ2n) is 6.35. The van der Waals surface area contributed by atoms with Gasteiger partial charge in [-0.15, -0.1) is 0 Å². The number of rotatable bonds is 5. The summed E-state index contributed by atoms with van der Waals surface area (Å²) in [5, 5.41) is 7.20. The van der Waals surface area contributed by atoms with Crippen molar-refractivity contribution < 1.29 is 19.1 Å². The molecular weight excluding hydrogens is 406 g/mol. The van der Waals surface area contributed by atoms with Crippen LogP contribution in [-0.4, -0.2) is 24.8 Å². The molecule has 150 valence electrons. The number of fused-ring (bicyclic) bond motifs is 1. The number of ether oxygens (including phenoxy) is 2. The fourth-order valence-corrected chi connectivity index (χ4v) is 2.95. The van der Waals surface area contributed by atoms with Crippen LogP contribution in [0.3, 0.4) is 0 Å². The van der Waals surface area contributed by atoms with Crippen molar-refractivity contribution in [3.8, 4) is 11.5 Å². The summed E-state index contributed by atoms with van der Waals surface area (Å²) in [5.41, 5.74) is 4.63. The minimum absolute atomic E-state index is 0.197. The molecule has 8 heteroatoms. The molecule has 3 aromatic rings. The molecule has 0 unspecified atom stereocenters. The number of hydrogen-bond donors (Lipinski definition) is 2. The number of hydrogen-bond acceptors (Lipinski definition) is 5. The van der Waals surface area contributed by atoms with Crippen LogP contribution in [0.25, 0.3) is 0 Å². The van der Waals surface area contributed by atoms with Crippen molar-refractivity contribution >= 4 is 35.3 Å². The average molecular weight is 422 g/mol. The Morgan fingerprint density at radius 3 is 2.50 bits per heavy atom. The minimum atomic E-state index is -0.375. The van der Waals surface area contributed by atoms with Gasteiger partial charge in [-0.1, -0.05) is 17.7 Å². The summed E-state index contributed by atoms with van der Waals surface area (Å²) >= 11 is 5.91. The maximum Gasteiger partial charge on any atom is 0.271 e. The number of carbonyl (C=O) groups is 2. The molecular formula is C22H16ClN3O4. The third-order valence-electron chi connectivity index (χ3n) is 4.27. The molecule has 1 aliphatic rings. The summed E-state index contributed by atoms with van der Waals surface area (Å²) in [5.74, 6) is 0.655. The Bertz CT molecular complexity index is 1130. The summed E-state index contributed by atoms with van der Waals surface area (Å²) < 4.78 is 10.6. The lowest BCUT2D eigenvalue weighted by molar-refractivity contribution is 0.0954. The van der Waals surface area contributed by atoms with Gasteiger partial charge in [-0.2, -0.15) is 5.10 Å². The van der Waals surface area contributed by atoms with E-state index in [0.717, 1.165) is 5.56 Å². The number of nitrogens with zero attached hydrogens (tertiary/aromatic N) is 1. The zero-order chi connectivity index (χ0) is 20.9. The molecule has 3 aromatic carbocycles. The normalized spacial score (nSPS) is 12.0. The van der Waals surface area contributed by atoms with E-state index in [0.29, 0.717) is 33.3 Å². The van der Waals surface area contributed by atoms with E-state index in [2.05, 4.69) is 15.8 Å². The molecule has 0 aromatic heterocycles. The van der Waals surface area contributed by atoms with E-state index in [1.54, 1.807) is 66.7 Å². The van der Waals surface area contributed by atoms with Crippen molar-refractivity contribution in [2.75, 3.05) is 12.1 Å². The Morgan fingerprint density at radius 2 is 1.70 bits per heavy atom. The van der Waals surface area contributed by atoms with Gasteiger partial charge in [0, 0.05) is 21.8 Å². The Hall–Kier alpha value is -3.84. The summed E-state index contributed by atoms with van der Waals surface area (Å²) in [7, 11) is 0. The van der Waals surface area contributed by atoms with E-state index in [1.807, 2.05) is 0 Å². The maximum absolute atomic E-state index is 12.2. The summed E-state index contributed by atoms with van der Waals surface area (Å²) in [4.78, 5) is 24.5. The third kappa shape index (κ3) is 4.59. The predicted molar refractivity (Wildman–Crippen MR) is 113 cm³/mol. The van der Waals surface area contributed by atoms with Crippen LogP contribution < -0.4 is 20.2 Å². The molecule has 2 amide bonds. The Balaban J connectivity index is 1.34. The van der Waals surface area contributed by atoms with E-state index < -0.39 is 0 Å². The summed E-state index contributed by atoms with van der Waals surface area (Å²) in [6, 6.07) is 18.5. The van der Waals surface area contributed by atoms with Gasteiger partial charge in [0.1, 0.15) is 0 Å². The van der Waals surface area contributed by atoms with Gasteiger partial charge < -0.3 is 14.8 Å². The molecule has 30 heavy (non-hydrogen) atoms. The van der Waals surface area contributed by atoms with Crippen molar-refractivity contribution in [3.63, 3.8) is 0 Å². The molecule has 0 fully saturated rings. The maximum atomic E-state index is 12.2. The molecule has 0 saturated heterocycles. The molecule has 0 radical (unpaired) electrons. The molecule has 1 heterocycles. The Morgan fingerprint density at radius 1 is 0.900 bits per heavy atom. The molecule has 0 saturated carbocycles. The molecule has 0 aliphatic carbocycles. The van der Waals surface area contributed by atoms with Crippen LogP contribution in [0.2, 0.25) is 5.02 Å². The van der Waals surface area contributed by atoms with E-state index >= 15 is 0 Å². The van der Waals surface area contributed by atoms with Crippen LogP contribution in [0, 0.1) is 0 Å². The largest absolute Gasteiger partial charge is 0.454 e. The fraction of sp³-hybridized carbons (Fsp3) is 0.0455. The predicted octanol–water partition coefficient (Wildman–Crippen LogP) is 4.08. The van der Waals surface area contributed by atoms with Crippen LogP contribution >= 0.6 is 11.6 Å². The highest BCUT2D eigenvalue weighted by Gasteiger charge is 2.12. The zero-order valence-corrected chi connectivity index (χ0v) is 16.3. The number of anilines is 1. The van der Waals surface area contributed by atoms with Crippen molar-refractivity contribution in [2.45, 2.75) is 0 Å². The summed E-state index contributed by atoms with van der Waals surface area (Å²) in [6.07, 6.45) is 1.51. The number of carbonyl (C=O) groups excluding carboxylic acids is 2. The molecule has 0 bridgehead atoms. The highest BCUT2D eigenvalue weighted by atomic mass is 35.5. The van der Waals surface area contributed by atoms with E-state index in [4.69, 9.17) is 21.1 Å². The minimum Gasteiger partial charge on any atom is -0.454 e. The number of benzene rings is 3. The van der Waals surface area contributed by atoms with Crippen molar-refractivity contribution in [1.82, 2.24) is 5.43 Å². The number of nitrogens with one attached hydrogen (secondary N) is 2. The Labute approximate surface area is 177 Å². The smallest absolute Gasteiger partial charge is 0.271 e. The Kier molecular flexibility index (Phi) is 5.63. The monoisotopic (exact) mass is 421 g/mol. The van der Waals surface area contributed by atoms with Gasteiger partial charge in [-0.05, 0) is 66.2 Å². The van der Waals surface area contributed by atoms with Gasteiger partial charge in [0.05, 0.1) is 6.21 Å². The van der Waals surface area contributed by atoms with Gasteiger partial charge in [0.15, 0.2) is 11.5 Å². The lowest BCUT2D eigenvalue weighted by Crippen LogP contribution is -2.17. The van der Waals surface area contributed by atoms with Crippen LogP contribution in [-0.2, 0) is 0 Å². The fourth-order valence-electron chi connectivity index (χ4n) is 2.76. The lowest BCUT2D eigenvalue weighted by atomic mass is 10.1. The van der Waals surface area contributed by atoms with E-state index in [9.17, 15) is 9.59 Å². The second-order valence-corrected chi connectivity index (χ2v) is 6.79. The van der Waals surface area contributed by atoms with Gasteiger partial charge >= 0.3 is 0 Å². The van der Waals surface area contributed by atoms with Crippen LogP contribution in [0.15, 0.2) is 71.8 Å². The molecule has 0 spiro atoms. The first kappa shape index (κ1) is 19.5. The number of halogens is 1. The average Bonchev–Trinajstić information content (AvgIpc) is 3.22. The van der Waals surface area contributed by atoms with E-state index in [-0.39, 0.29) is 18.6 Å². The quantitative estimate of drug-likeness (QED) is 0.479. The topological polar surface area (TPSA) is 89.0 Å². The highest BCUT2D eigenvalue weighted by molar-refractivity contribution is 6.31. The van der Waals surface area contributed by atoms with Crippen LogP contribution in [0.1, 0.15) is 26.3 Å². The number of hydrazone groups is 1. The van der Waals surface area contributed by atoms with Gasteiger partial charge in [0.2, 0.25) is 6.79 Å². The standard InChI is InChI=1S/C22H16ClN3O4/c23-17-3-1-2-16(11-17)21(27)25-18-7-5-15(6-8-18)22(28)26-24-12-14-4-9-19-20(10-14)30-13-29-19/h1-12H,13H2,(H,25,27)(H,26,28)/b24-12+. The molecule has 7 nitrogen and oxygen atoms in total.